The number of carbonyl (C=O) groups excluding carboxylic acids is 1. The predicted octanol–water partition coefficient (Wildman–Crippen LogP) is 1.15. The maximum Gasteiger partial charge on any atom is 0.267 e. The van der Waals surface area contributed by atoms with Crippen molar-refractivity contribution in [2.75, 3.05) is 17.7 Å². The Hall–Kier alpha value is -1.78. The fraction of sp³-hybridized carbons (Fsp3) is 0.300. The minimum absolute atomic E-state index is 0.0822. The van der Waals surface area contributed by atoms with Gasteiger partial charge in [-0.15, -0.1) is 0 Å². The van der Waals surface area contributed by atoms with Gasteiger partial charge in [0.05, 0.1) is 5.69 Å². The van der Waals surface area contributed by atoms with Crippen molar-refractivity contribution in [3.8, 4) is 5.75 Å². The maximum absolute atomic E-state index is 13.5. The molecule has 1 aliphatic heterocycles. The Morgan fingerprint density at radius 2 is 2.20 bits per heavy atom. The first-order chi connectivity index (χ1) is 7.00. The van der Waals surface area contributed by atoms with Crippen LogP contribution in [0, 0.1) is 5.82 Å². The normalized spacial score (nSPS) is 19.8. The van der Waals surface area contributed by atoms with Gasteiger partial charge in [-0.2, -0.15) is 0 Å². The quantitative estimate of drug-likeness (QED) is 0.653. The fourth-order valence-electron chi connectivity index (χ4n) is 1.58. The molecule has 0 saturated heterocycles. The molecule has 0 radical (unpaired) electrons. The first kappa shape index (κ1) is 9.76. The molecule has 1 heterocycles. The van der Waals surface area contributed by atoms with Crippen LogP contribution >= 0.6 is 0 Å². The van der Waals surface area contributed by atoms with E-state index in [1.54, 1.807) is 14.0 Å². The maximum atomic E-state index is 13.5. The van der Waals surface area contributed by atoms with Crippen molar-refractivity contribution >= 4 is 17.3 Å². The molecule has 0 spiro atoms. The third kappa shape index (κ3) is 1.40. The van der Waals surface area contributed by atoms with Gasteiger partial charge in [0.2, 0.25) is 0 Å². The highest BCUT2D eigenvalue weighted by atomic mass is 19.1. The minimum atomic E-state index is -0.666. The number of nitrogens with zero attached hydrogens (tertiary/aromatic N) is 1. The number of halogens is 1. The monoisotopic (exact) mass is 210 g/mol. The Balaban J connectivity index is 2.60. The van der Waals surface area contributed by atoms with Crippen LogP contribution in [0.3, 0.4) is 0 Å². The van der Waals surface area contributed by atoms with E-state index in [1.807, 2.05) is 0 Å². The number of nitrogen functional groups attached to an aromatic ring is 1. The van der Waals surface area contributed by atoms with Crippen LogP contribution in [0.1, 0.15) is 6.92 Å². The highest BCUT2D eigenvalue weighted by Gasteiger charge is 2.31. The van der Waals surface area contributed by atoms with E-state index < -0.39 is 11.9 Å². The number of fused-ring (bicyclic) bond motifs is 1. The summed E-state index contributed by atoms with van der Waals surface area (Å²) in [5, 5.41) is 0. The van der Waals surface area contributed by atoms with E-state index in [-0.39, 0.29) is 17.3 Å². The van der Waals surface area contributed by atoms with Crippen molar-refractivity contribution in [2.45, 2.75) is 13.0 Å². The third-order valence-corrected chi connectivity index (χ3v) is 2.38. The van der Waals surface area contributed by atoms with E-state index in [1.165, 1.54) is 17.0 Å². The van der Waals surface area contributed by atoms with Gasteiger partial charge in [-0.25, -0.2) is 4.39 Å². The predicted molar refractivity (Wildman–Crippen MR) is 54.3 cm³/mol. The van der Waals surface area contributed by atoms with Gasteiger partial charge in [-0.05, 0) is 13.0 Å². The van der Waals surface area contributed by atoms with E-state index in [0.717, 1.165) is 0 Å². The van der Waals surface area contributed by atoms with Crippen LogP contribution in [0.4, 0.5) is 15.8 Å². The highest BCUT2D eigenvalue weighted by Crippen LogP contribution is 2.37. The van der Waals surface area contributed by atoms with Crippen LogP contribution in [-0.4, -0.2) is 19.1 Å². The Kier molecular flexibility index (Phi) is 2.03. The summed E-state index contributed by atoms with van der Waals surface area (Å²) in [6.45, 7) is 1.58. The lowest BCUT2D eigenvalue weighted by atomic mass is 10.2. The summed E-state index contributed by atoms with van der Waals surface area (Å²) in [4.78, 5) is 12.9. The number of ether oxygens (including phenoxy) is 1. The Morgan fingerprint density at radius 1 is 1.53 bits per heavy atom. The number of nitrogens with two attached hydrogens (primary N) is 1. The molecule has 2 rings (SSSR count). The van der Waals surface area contributed by atoms with Gasteiger partial charge >= 0.3 is 0 Å². The number of rotatable bonds is 0. The van der Waals surface area contributed by atoms with Crippen LogP contribution in [0.2, 0.25) is 0 Å². The number of likely N-dealkylation sites (N-methyl/N-ethyl adjacent to an activating group) is 1. The molecule has 2 N–H and O–H groups in total. The number of amides is 1. The second-order valence-corrected chi connectivity index (χ2v) is 3.51. The van der Waals surface area contributed by atoms with Crippen LogP contribution in [-0.2, 0) is 4.79 Å². The number of hydrogen-bond acceptors (Lipinski definition) is 3. The standard InChI is InChI=1S/C10H11FN2O2/c1-5-10(14)13(2)8-4-6(12)3-7(11)9(8)15-5/h3-5H,12H2,1-2H3. The summed E-state index contributed by atoms with van der Waals surface area (Å²) in [6.07, 6.45) is -0.666. The smallest absolute Gasteiger partial charge is 0.267 e. The molecule has 1 aromatic carbocycles. The molecule has 1 aliphatic rings. The first-order valence-corrected chi connectivity index (χ1v) is 4.54. The van der Waals surface area contributed by atoms with E-state index in [2.05, 4.69) is 0 Å². The SMILES string of the molecule is CC1Oc2c(F)cc(N)cc2N(C)C1=O. The van der Waals surface area contributed by atoms with Crippen molar-refractivity contribution in [1.82, 2.24) is 0 Å². The molecule has 1 aromatic rings. The summed E-state index contributed by atoms with van der Waals surface area (Å²) in [7, 11) is 1.57. The van der Waals surface area contributed by atoms with Gasteiger partial charge in [-0.1, -0.05) is 0 Å². The van der Waals surface area contributed by atoms with Gasteiger partial charge in [0.1, 0.15) is 0 Å². The average molecular weight is 210 g/mol. The molecular formula is C10H11FN2O2. The van der Waals surface area contributed by atoms with Crippen LogP contribution in [0.25, 0.3) is 0 Å². The van der Waals surface area contributed by atoms with E-state index in [9.17, 15) is 9.18 Å². The number of carbonyl (C=O) groups is 1. The van der Waals surface area contributed by atoms with Gasteiger partial charge in [-0.3, -0.25) is 4.79 Å². The summed E-state index contributed by atoms with van der Waals surface area (Å²) < 4.78 is 18.6. The Morgan fingerprint density at radius 3 is 2.87 bits per heavy atom. The van der Waals surface area contributed by atoms with E-state index in [0.29, 0.717) is 5.69 Å². The largest absolute Gasteiger partial charge is 0.476 e. The molecule has 0 aromatic heterocycles. The molecule has 4 nitrogen and oxygen atoms in total. The minimum Gasteiger partial charge on any atom is -0.476 e. The zero-order chi connectivity index (χ0) is 11.2. The molecule has 0 bridgehead atoms. The number of anilines is 2. The molecule has 1 amide bonds. The summed E-state index contributed by atoms with van der Waals surface area (Å²) >= 11 is 0. The van der Waals surface area contributed by atoms with E-state index in [4.69, 9.17) is 10.5 Å². The average Bonchev–Trinajstić information content (AvgIpc) is 2.17. The lowest BCUT2D eigenvalue weighted by Crippen LogP contribution is -2.42. The van der Waals surface area contributed by atoms with Crippen LogP contribution in [0.15, 0.2) is 12.1 Å². The van der Waals surface area contributed by atoms with Crippen molar-refractivity contribution in [3.05, 3.63) is 17.9 Å². The molecule has 1 atom stereocenters. The Bertz CT molecular complexity index is 434. The molecule has 15 heavy (non-hydrogen) atoms. The van der Waals surface area contributed by atoms with Crippen molar-refractivity contribution in [3.63, 3.8) is 0 Å². The number of hydrogen-bond donors (Lipinski definition) is 1. The second kappa shape index (κ2) is 3.12. The molecule has 5 heteroatoms. The van der Waals surface area contributed by atoms with Crippen molar-refractivity contribution < 1.29 is 13.9 Å². The van der Waals surface area contributed by atoms with Gasteiger partial charge in [0.15, 0.2) is 17.7 Å². The molecule has 0 saturated carbocycles. The molecule has 0 fully saturated rings. The van der Waals surface area contributed by atoms with Crippen LogP contribution in [0.5, 0.6) is 5.75 Å². The second-order valence-electron chi connectivity index (χ2n) is 3.51. The molecule has 1 unspecified atom stereocenters. The number of benzene rings is 1. The zero-order valence-electron chi connectivity index (χ0n) is 8.45. The summed E-state index contributed by atoms with van der Waals surface area (Å²) in [5.74, 6) is -0.678. The zero-order valence-corrected chi connectivity index (χ0v) is 8.45. The molecule has 0 aliphatic carbocycles. The lowest BCUT2D eigenvalue weighted by molar-refractivity contribution is -0.125. The van der Waals surface area contributed by atoms with E-state index >= 15 is 0 Å². The van der Waals surface area contributed by atoms with Crippen LogP contribution < -0.4 is 15.4 Å². The summed E-state index contributed by atoms with van der Waals surface area (Å²) in [6, 6.07) is 2.69. The summed E-state index contributed by atoms with van der Waals surface area (Å²) in [5.41, 5.74) is 6.13. The van der Waals surface area contributed by atoms with Gasteiger partial charge < -0.3 is 15.4 Å². The third-order valence-electron chi connectivity index (χ3n) is 2.38. The van der Waals surface area contributed by atoms with Gasteiger partial charge in [0.25, 0.3) is 5.91 Å². The topological polar surface area (TPSA) is 55.6 Å². The fourth-order valence-corrected chi connectivity index (χ4v) is 1.58. The molecular weight excluding hydrogens is 199 g/mol. The molecule has 80 valence electrons. The first-order valence-electron chi connectivity index (χ1n) is 4.54. The highest BCUT2D eigenvalue weighted by molar-refractivity contribution is 5.99. The van der Waals surface area contributed by atoms with Gasteiger partial charge in [0, 0.05) is 18.8 Å². The lowest BCUT2D eigenvalue weighted by Gasteiger charge is -2.30. The van der Waals surface area contributed by atoms with Crippen molar-refractivity contribution in [2.24, 2.45) is 0 Å². The van der Waals surface area contributed by atoms with Crippen molar-refractivity contribution in [1.29, 1.82) is 0 Å². The Labute approximate surface area is 86.4 Å².